The van der Waals surface area contributed by atoms with Crippen molar-refractivity contribution in [3.8, 4) is 11.5 Å². The molecule has 1 aliphatic rings. The zero-order valence-corrected chi connectivity index (χ0v) is 17.8. The zero-order valence-electron chi connectivity index (χ0n) is 17.0. The van der Waals surface area contributed by atoms with E-state index in [2.05, 4.69) is 5.32 Å². The summed E-state index contributed by atoms with van der Waals surface area (Å²) in [7, 11) is 0. The third-order valence-electron chi connectivity index (χ3n) is 4.21. The number of halogens is 1. The summed E-state index contributed by atoms with van der Waals surface area (Å²) < 4.78 is 24.8. The first-order valence-electron chi connectivity index (χ1n) is 9.62. The topological polar surface area (TPSA) is 84.9 Å². The molecule has 0 aliphatic carbocycles. The quantitative estimate of drug-likeness (QED) is 0.611. The van der Waals surface area contributed by atoms with Crippen LogP contribution in [0.4, 0.5) is 14.9 Å². The Morgan fingerprint density at radius 3 is 2.58 bits per heavy atom. The second kappa shape index (κ2) is 10.1. The number of hydrogen-bond acceptors (Lipinski definition) is 6. The van der Waals surface area contributed by atoms with Crippen LogP contribution < -0.4 is 14.8 Å². The minimum absolute atomic E-state index is 0.0224. The number of para-hydroxylation sites is 1. The van der Waals surface area contributed by atoms with Crippen molar-refractivity contribution < 1.29 is 28.2 Å². The summed E-state index contributed by atoms with van der Waals surface area (Å²) in [6, 6.07) is 10.8. The zero-order chi connectivity index (χ0) is 22.4. The van der Waals surface area contributed by atoms with Crippen LogP contribution in [0.25, 0.3) is 6.08 Å². The molecule has 0 radical (unpaired) electrons. The van der Waals surface area contributed by atoms with Crippen molar-refractivity contribution in [2.24, 2.45) is 0 Å². The number of ether oxygens (including phenoxy) is 2. The standard InChI is InChI=1S/C22H21FN2O5S/c1-3-29-15-10-9-14(18(12-15)30-4-2)11-19-21(27)25(22(28)31-19)13-20(26)24-17-8-6-5-7-16(17)23/h5-12H,3-4,13H2,1-2H3,(H,24,26)/b19-11-. The second-order valence-electron chi connectivity index (χ2n) is 6.36. The van der Waals surface area contributed by atoms with E-state index >= 15 is 0 Å². The van der Waals surface area contributed by atoms with E-state index in [9.17, 15) is 18.8 Å². The Balaban J connectivity index is 1.76. The third-order valence-corrected chi connectivity index (χ3v) is 5.11. The van der Waals surface area contributed by atoms with E-state index in [1.807, 2.05) is 13.8 Å². The maximum Gasteiger partial charge on any atom is 0.294 e. The Morgan fingerprint density at radius 2 is 1.87 bits per heavy atom. The van der Waals surface area contributed by atoms with Crippen molar-refractivity contribution in [2.75, 3.05) is 25.1 Å². The van der Waals surface area contributed by atoms with Gasteiger partial charge in [0.2, 0.25) is 5.91 Å². The van der Waals surface area contributed by atoms with Crippen LogP contribution in [0.5, 0.6) is 11.5 Å². The molecule has 7 nitrogen and oxygen atoms in total. The number of nitrogens with one attached hydrogen (secondary N) is 1. The summed E-state index contributed by atoms with van der Waals surface area (Å²) in [5, 5.41) is 1.78. The van der Waals surface area contributed by atoms with Gasteiger partial charge in [-0.1, -0.05) is 12.1 Å². The molecule has 1 saturated heterocycles. The summed E-state index contributed by atoms with van der Waals surface area (Å²) >= 11 is 0.727. The van der Waals surface area contributed by atoms with Crippen LogP contribution in [0.1, 0.15) is 19.4 Å². The number of hydrogen-bond donors (Lipinski definition) is 1. The molecule has 0 aromatic heterocycles. The van der Waals surface area contributed by atoms with Crippen LogP contribution in [0, 0.1) is 5.82 Å². The molecular weight excluding hydrogens is 423 g/mol. The van der Waals surface area contributed by atoms with Gasteiger partial charge in [0.1, 0.15) is 23.9 Å². The second-order valence-corrected chi connectivity index (χ2v) is 7.35. The summed E-state index contributed by atoms with van der Waals surface area (Å²) in [5.41, 5.74) is 0.581. The third kappa shape index (κ3) is 5.43. The van der Waals surface area contributed by atoms with Crippen LogP contribution in [0.15, 0.2) is 47.4 Å². The predicted molar refractivity (Wildman–Crippen MR) is 116 cm³/mol. The van der Waals surface area contributed by atoms with Gasteiger partial charge in [-0.2, -0.15) is 0 Å². The smallest absolute Gasteiger partial charge is 0.294 e. The highest BCUT2D eigenvalue weighted by molar-refractivity contribution is 8.18. The lowest BCUT2D eigenvalue weighted by Gasteiger charge is -2.13. The van der Waals surface area contributed by atoms with E-state index in [0.29, 0.717) is 30.3 Å². The van der Waals surface area contributed by atoms with Gasteiger partial charge in [-0.3, -0.25) is 19.3 Å². The van der Waals surface area contributed by atoms with Gasteiger partial charge in [-0.05, 0) is 56.0 Å². The summed E-state index contributed by atoms with van der Waals surface area (Å²) in [4.78, 5) is 38.2. The molecule has 1 fully saturated rings. The molecule has 2 aromatic carbocycles. The van der Waals surface area contributed by atoms with Gasteiger partial charge < -0.3 is 14.8 Å². The molecule has 1 heterocycles. The number of benzene rings is 2. The predicted octanol–water partition coefficient (Wildman–Crippen LogP) is 4.30. The Labute approximate surface area is 183 Å². The van der Waals surface area contributed by atoms with Crippen molar-refractivity contribution in [3.05, 3.63) is 58.8 Å². The molecule has 0 atom stereocenters. The lowest BCUT2D eigenvalue weighted by molar-refractivity contribution is -0.127. The fraction of sp³-hybridized carbons (Fsp3) is 0.227. The molecule has 1 aliphatic heterocycles. The highest BCUT2D eigenvalue weighted by Gasteiger charge is 2.36. The van der Waals surface area contributed by atoms with Crippen molar-refractivity contribution in [1.29, 1.82) is 0 Å². The van der Waals surface area contributed by atoms with Gasteiger partial charge in [-0.15, -0.1) is 0 Å². The van der Waals surface area contributed by atoms with Crippen molar-refractivity contribution in [3.63, 3.8) is 0 Å². The fourth-order valence-electron chi connectivity index (χ4n) is 2.84. The van der Waals surface area contributed by atoms with Gasteiger partial charge in [0.05, 0.1) is 23.8 Å². The van der Waals surface area contributed by atoms with Crippen molar-refractivity contribution >= 4 is 40.6 Å². The summed E-state index contributed by atoms with van der Waals surface area (Å²) in [5.74, 6) is -0.748. The Kier molecular flexibility index (Phi) is 7.30. The van der Waals surface area contributed by atoms with Crippen LogP contribution >= 0.6 is 11.8 Å². The van der Waals surface area contributed by atoms with Crippen LogP contribution in [0.3, 0.4) is 0 Å². The van der Waals surface area contributed by atoms with Crippen molar-refractivity contribution in [2.45, 2.75) is 13.8 Å². The highest BCUT2D eigenvalue weighted by atomic mass is 32.2. The number of carbonyl (C=O) groups is 3. The van der Waals surface area contributed by atoms with Crippen LogP contribution in [-0.2, 0) is 9.59 Å². The minimum Gasteiger partial charge on any atom is -0.494 e. The van der Waals surface area contributed by atoms with E-state index < -0.39 is 29.4 Å². The molecule has 0 spiro atoms. The number of nitrogens with zero attached hydrogens (tertiary/aromatic N) is 1. The minimum atomic E-state index is -0.676. The highest BCUT2D eigenvalue weighted by Crippen LogP contribution is 2.35. The molecule has 0 saturated carbocycles. The van der Waals surface area contributed by atoms with Crippen LogP contribution in [0.2, 0.25) is 0 Å². The normalized spacial score (nSPS) is 14.8. The van der Waals surface area contributed by atoms with Gasteiger partial charge >= 0.3 is 0 Å². The average molecular weight is 444 g/mol. The number of thioether (sulfide) groups is 1. The number of imide groups is 1. The number of amides is 3. The van der Waals surface area contributed by atoms with Gasteiger partial charge in [0.15, 0.2) is 0 Å². The molecule has 3 amide bonds. The maximum atomic E-state index is 13.7. The largest absolute Gasteiger partial charge is 0.494 e. The number of anilines is 1. The molecule has 3 rings (SSSR count). The molecule has 9 heteroatoms. The van der Waals surface area contributed by atoms with Crippen molar-refractivity contribution in [1.82, 2.24) is 4.90 Å². The first kappa shape index (κ1) is 22.4. The monoisotopic (exact) mass is 444 g/mol. The summed E-state index contributed by atoms with van der Waals surface area (Å²) in [6.45, 7) is 4.09. The average Bonchev–Trinajstić information content (AvgIpc) is 2.99. The molecule has 2 aromatic rings. The summed E-state index contributed by atoms with van der Waals surface area (Å²) in [6.07, 6.45) is 1.54. The maximum absolute atomic E-state index is 13.7. The van der Waals surface area contributed by atoms with Crippen LogP contribution in [-0.4, -0.2) is 41.7 Å². The van der Waals surface area contributed by atoms with E-state index in [1.165, 1.54) is 18.2 Å². The van der Waals surface area contributed by atoms with Gasteiger partial charge in [0.25, 0.3) is 11.1 Å². The lowest BCUT2D eigenvalue weighted by atomic mass is 10.1. The molecule has 31 heavy (non-hydrogen) atoms. The van der Waals surface area contributed by atoms with E-state index in [-0.39, 0.29) is 10.6 Å². The molecule has 162 valence electrons. The molecule has 0 unspecified atom stereocenters. The van der Waals surface area contributed by atoms with E-state index in [0.717, 1.165) is 16.7 Å². The lowest BCUT2D eigenvalue weighted by Crippen LogP contribution is -2.36. The Bertz CT molecular complexity index is 1040. The molecule has 0 bridgehead atoms. The number of carbonyl (C=O) groups excluding carboxylic acids is 3. The van der Waals surface area contributed by atoms with Gasteiger partial charge in [-0.25, -0.2) is 4.39 Å². The Hall–Kier alpha value is -3.33. The Morgan fingerprint density at radius 1 is 1.13 bits per heavy atom. The molecular formula is C22H21FN2O5S. The van der Waals surface area contributed by atoms with E-state index in [4.69, 9.17) is 9.47 Å². The number of rotatable bonds is 8. The van der Waals surface area contributed by atoms with Gasteiger partial charge in [0, 0.05) is 11.6 Å². The fourth-order valence-corrected chi connectivity index (χ4v) is 3.67. The SMILES string of the molecule is CCOc1ccc(/C=C2\SC(=O)N(CC(=O)Nc3ccccc3F)C2=O)c(OCC)c1. The first-order valence-corrected chi connectivity index (χ1v) is 10.4. The molecule has 1 N–H and O–H groups in total. The first-order chi connectivity index (χ1) is 14.9. The van der Waals surface area contributed by atoms with E-state index in [1.54, 1.807) is 30.3 Å².